The van der Waals surface area contributed by atoms with E-state index < -0.39 is 11.0 Å². The second-order valence-electron chi connectivity index (χ2n) is 7.53. The van der Waals surface area contributed by atoms with Crippen LogP contribution in [-0.2, 0) is 11.0 Å². The molecule has 0 amide bonds. The van der Waals surface area contributed by atoms with Gasteiger partial charge in [0.2, 0.25) is 0 Å². The van der Waals surface area contributed by atoms with Crippen LogP contribution < -0.4 is 4.90 Å². The van der Waals surface area contributed by atoms with Gasteiger partial charge in [0.1, 0.15) is 11.5 Å². The van der Waals surface area contributed by atoms with Crippen LogP contribution in [0.15, 0.2) is 48.9 Å². The van der Waals surface area contributed by atoms with E-state index in [1.807, 2.05) is 48.5 Å². The number of aromatic nitrogens is 3. The smallest absolute Gasteiger partial charge is 0.147 e. The molecule has 4 rings (SSSR count). The monoisotopic (exact) mass is 475 g/mol. The fraction of sp³-hybridized carbons (Fsp3) is 0.318. The van der Waals surface area contributed by atoms with Crippen LogP contribution in [0.2, 0.25) is 10.0 Å². The number of piperazine rings is 1. The maximum absolute atomic E-state index is 12.4. The van der Waals surface area contributed by atoms with Crippen LogP contribution in [0.4, 0.5) is 5.82 Å². The predicted molar refractivity (Wildman–Crippen MR) is 128 cm³/mol. The summed E-state index contributed by atoms with van der Waals surface area (Å²) >= 11 is 12.5. The van der Waals surface area contributed by atoms with Crippen molar-refractivity contribution in [2.45, 2.75) is 19.1 Å². The van der Waals surface area contributed by atoms with E-state index in [9.17, 15) is 4.21 Å². The van der Waals surface area contributed by atoms with Crippen LogP contribution in [0.1, 0.15) is 13.8 Å². The molecule has 0 saturated carbocycles. The number of nitrogens with zero attached hydrogens (tertiary/aromatic N) is 5. The van der Waals surface area contributed by atoms with E-state index in [0.717, 1.165) is 48.8 Å². The van der Waals surface area contributed by atoms with Gasteiger partial charge in [0.15, 0.2) is 0 Å². The van der Waals surface area contributed by atoms with E-state index in [2.05, 4.69) is 9.88 Å². The SMILES string of the molecule is CC(C)S(=O)N1CCN(c2cnc(-c3ccc(Cl)cc3)c(-c3ccncc3Cl)n2)CC1. The Balaban J connectivity index is 1.69. The first-order valence-corrected chi connectivity index (χ1v) is 12.0. The van der Waals surface area contributed by atoms with Gasteiger partial charge in [-0.25, -0.2) is 13.5 Å². The maximum atomic E-state index is 12.4. The lowest BCUT2D eigenvalue weighted by Crippen LogP contribution is -2.48. The number of hydrogen-bond acceptors (Lipinski definition) is 5. The number of halogens is 2. The van der Waals surface area contributed by atoms with E-state index in [4.69, 9.17) is 33.2 Å². The molecule has 1 unspecified atom stereocenters. The lowest BCUT2D eigenvalue weighted by molar-refractivity contribution is 0.406. The summed E-state index contributed by atoms with van der Waals surface area (Å²) in [5.41, 5.74) is 3.10. The molecule has 0 radical (unpaired) electrons. The Morgan fingerprint density at radius 3 is 2.32 bits per heavy atom. The average Bonchev–Trinajstić information content (AvgIpc) is 2.79. The third-order valence-electron chi connectivity index (χ3n) is 5.13. The molecule has 162 valence electrons. The van der Waals surface area contributed by atoms with Gasteiger partial charge >= 0.3 is 0 Å². The van der Waals surface area contributed by atoms with Gasteiger partial charge in [0.05, 0.1) is 27.9 Å². The van der Waals surface area contributed by atoms with Crippen molar-refractivity contribution < 1.29 is 4.21 Å². The van der Waals surface area contributed by atoms with Gasteiger partial charge in [-0.15, -0.1) is 0 Å². The van der Waals surface area contributed by atoms with Crippen molar-refractivity contribution in [2.24, 2.45) is 0 Å². The van der Waals surface area contributed by atoms with Crippen molar-refractivity contribution in [3.63, 3.8) is 0 Å². The van der Waals surface area contributed by atoms with Crippen LogP contribution in [0.5, 0.6) is 0 Å². The number of pyridine rings is 1. The van der Waals surface area contributed by atoms with Crippen LogP contribution in [0, 0.1) is 0 Å². The summed E-state index contributed by atoms with van der Waals surface area (Å²) in [7, 11) is -0.962. The summed E-state index contributed by atoms with van der Waals surface area (Å²) in [6.45, 7) is 6.86. The Morgan fingerprint density at radius 2 is 1.68 bits per heavy atom. The van der Waals surface area contributed by atoms with Gasteiger partial charge in [0.25, 0.3) is 0 Å². The van der Waals surface area contributed by atoms with Crippen LogP contribution in [-0.4, -0.2) is 54.9 Å². The lowest BCUT2D eigenvalue weighted by atomic mass is 10.0. The highest BCUT2D eigenvalue weighted by atomic mass is 35.5. The van der Waals surface area contributed by atoms with Crippen molar-refractivity contribution >= 4 is 40.0 Å². The van der Waals surface area contributed by atoms with E-state index >= 15 is 0 Å². The average molecular weight is 476 g/mol. The summed E-state index contributed by atoms with van der Waals surface area (Å²) in [5, 5.41) is 1.29. The van der Waals surface area contributed by atoms with Gasteiger partial charge in [-0.05, 0) is 32.0 Å². The quantitative estimate of drug-likeness (QED) is 0.534. The minimum atomic E-state index is -0.962. The van der Waals surface area contributed by atoms with Crippen LogP contribution in [0.25, 0.3) is 22.5 Å². The molecule has 1 aromatic carbocycles. The Bertz CT molecular complexity index is 1090. The summed E-state index contributed by atoms with van der Waals surface area (Å²) in [6.07, 6.45) is 5.09. The minimum absolute atomic E-state index is 0.116. The largest absolute Gasteiger partial charge is 0.353 e. The standard InChI is InChI=1S/C22H23Cl2N5OS/c1-15(2)31(30)29-11-9-28(10-12-29)20-14-26-21(16-3-5-17(23)6-4-16)22(27-20)18-7-8-25-13-19(18)24/h3-8,13-15H,9-12H2,1-2H3. The third-order valence-corrected chi connectivity index (χ3v) is 7.36. The summed E-state index contributed by atoms with van der Waals surface area (Å²) < 4.78 is 14.4. The zero-order valence-electron chi connectivity index (χ0n) is 17.3. The van der Waals surface area contributed by atoms with Crippen molar-refractivity contribution in [3.05, 3.63) is 59.0 Å². The first-order chi connectivity index (χ1) is 14.9. The lowest BCUT2D eigenvalue weighted by Gasteiger charge is -2.35. The fourth-order valence-electron chi connectivity index (χ4n) is 3.50. The second-order valence-corrected chi connectivity index (χ2v) is 10.4. The number of hydrogen-bond donors (Lipinski definition) is 0. The van der Waals surface area contributed by atoms with Crippen LogP contribution >= 0.6 is 23.2 Å². The first kappa shape index (κ1) is 22.1. The zero-order valence-corrected chi connectivity index (χ0v) is 19.7. The highest BCUT2D eigenvalue weighted by Crippen LogP contribution is 2.34. The zero-order chi connectivity index (χ0) is 22.0. The molecule has 1 atom stereocenters. The predicted octanol–water partition coefficient (Wildman–Crippen LogP) is 4.71. The Morgan fingerprint density at radius 1 is 0.968 bits per heavy atom. The highest BCUT2D eigenvalue weighted by Gasteiger charge is 2.25. The molecule has 2 aromatic heterocycles. The van der Waals surface area contributed by atoms with Crippen molar-refractivity contribution in [3.8, 4) is 22.5 Å². The highest BCUT2D eigenvalue weighted by molar-refractivity contribution is 7.83. The van der Waals surface area contributed by atoms with E-state index in [0.29, 0.717) is 15.7 Å². The molecule has 6 nitrogen and oxygen atoms in total. The Labute approximate surface area is 194 Å². The molecule has 3 heterocycles. The van der Waals surface area contributed by atoms with Gasteiger partial charge in [0, 0.05) is 60.0 Å². The molecule has 3 aromatic rings. The molecule has 1 saturated heterocycles. The fourth-order valence-corrected chi connectivity index (χ4v) is 4.96. The number of rotatable bonds is 5. The number of benzene rings is 1. The molecular weight excluding hydrogens is 453 g/mol. The first-order valence-electron chi connectivity index (χ1n) is 10.1. The molecule has 0 spiro atoms. The molecule has 31 heavy (non-hydrogen) atoms. The Kier molecular flexibility index (Phi) is 6.86. The molecule has 1 aliphatic heterocycles. The third kappa shape index (κ3) is 4.90. The summed E-state index contributed by atoms with van der Waals surface area (Å²) in [6, 6.07) is 9.35. The van der Waals surface area contributed by atoms with Gasteiger partial charge < -0.3 is 4.90 Å². The van der Waals surface area contributed by atoms with Gasteiger partial charge in [-0.2, -0.15) is 0 Å². The maximum Gasteiger partial charge on any atom is 0.147 e. The molecule has 0 N–H and O–H groups in total. The Hall–Kier alpha value is -2.06. The van der Waals surface area contributed by atoms with E-state index in [-0.39, 0.29) is 5.25 Å². The van der Waals surface area contributed by atoms with E-state index in [1.165, 1.54) is 0 Å². The molecule has 0 bridgehead atoms. The summed E-state index contributed by atoms with van der Waals surface area (Å²) in [4.78, 5) is 16.0. The van der Waals surface area contributed by atoms with E-state index in [1.54, 1.807) is 18.6 Å². The molecule has 0 aliphatic carbocycles. The molecule has 9 heteroatoms. The van der Waals surface area contributed by atoms with Crippen molar-refractivity contribution in [1.29, 1.82) is 0 Å². The number of anilines is 1. The second kappa shape index (κ2) is 9.61. The molecular formula is C22H23Cl2N5OS. The van der Waals surface area contributed by atoms with Gasteiger partial charge in [-0.1, -0.05) is 35.3 Å². The molecule has 1 fully saturated rings. The topological polar surface area (TPSA) is 62.2 Å². The van der Waals surface area contributed by atoms with Crippen LogP contribution in [0.3, 0.4) is 0 Å². The van der Waals surface area contributed by atoms with Gasteiger partial charge in [-0.3, -0.25) is 9.97 Å². The minimum Gasteiger partial charge on any atom is -0.353 e. The van der Waals surface area contributed by atoms with Crippen molar-refractivity contribution in [2.75, 3.05) is 31.1 Å². The normalized spacial score (nSPS) is 16.0. The molecule has 1 aliphatic rings. The van der Waals surface area contributed by atoms with Crippen molar-refractivity contribution in [1.82, 2.24) is 19.3 Å². The summed E-state index contributed by atoms with van der Waals surface area (Å²) in [5.74, 6) is 0.774.